The number of hydrogen-bond acceptors (Lipinski definition) is 8. The van der Waals surface area contributed by atoms with Crippen LogP contribution >= 0.6 is 23.1 Å². The van der Waals surface area contributed by atoms with Gasteiger partial charge in [0.25, 0.3) is 11.6 Å². The van der Waals surface area contributed by atoms with Crippen LogP contribution in [0.2, 0.25) is 0 Å². The summed E-state index contributed by atoms with van der Waals surface area (Å²) in [7, 11) is 0. The largest absolute Gasteiger partial charge is 0.478 e. The van der Waals surface area contributed by atoms with Crippen LogP contribution in [0, 0.1) is 24.0 Å². The van der Waals surface area contributed by atoms with Crippen LogP contribution in [0.3, 0.4) is 0 Å². The van der Waals surface area contributed by atoms with Crippen molar-refractivity contribution in [2.24, 2.45) is 0 Å². The number of thioether (sulfide) groups is 1. The number of nitro groups is 1. The molecule has 1 aromatic heterocycles. The third kappa shape index (κ3) is 6.29. The first-order chi connectivity index (χ1) is 17.6. The van der Waals surface area contributed by atoms with E-state index in [1.165, 1.54) is 23.1 Å². The summed E-state index contributed by atoms with van der Waals surface area (Å²) in [6.07, 6.45) is 0. The minimum Gasteiger partial charge on any atom is -0.478 e. The van der Waals surface area contributed by atoms with E-state index in [-0.39, 0.29) is 17.2 Å². The average molecular weight is 537 g/mol. The molecule has 0 spiro atoms. The molecule has 4 aromatic rings. The lowest BCUT2D eigenvalue weighted by atomic mass is 10.1. The number of aromatic nitrogens is 1. The number of fused-ring (bicyclic) bond motifs is 1. The van der Waals surface area contributed by atoms with Gasteiger partial charge in [0.05, 0.1) is 32.0 Å². The molecule has 0 saturated heterocycles. The van der Waals surface area contributed by atoms with Crippen molar-refractivity contribution in [1.82, 2.24) is 4.98 Å². The molecule has 1 heterocycles. The molecule has 0 fully saturated rings. The molecule has 12 heteroatoms. The molecule has 4 rings (SSSR count). The van der Waals surface area contributed by atoms with E-state index in [1.807, 2.05) is 32.0 Å². The molecule has 3 aromatic carbocycles. The summed E-state index contributed by atoms with van der Waals surface area (Å²) in [6, 6.07) is 13.9. The Morgan fingerprint density at radius 3 is 2.38 bits per heavy atom. The first kappa shape index (κ1) is 25.8. The van der Waals surface area contributed by atoms with Gasteiger partial charge in [-0.05, 0) is 61.4 Å². The highest BCUT2D eigenvalue weighted by Gasteiger charge is 2.21. The van der Waals surface area contributed by atoms with Gasteiger partial charge in [-0.1, -0.05) is 17.8 Å². The monoisotopic (exact) mass is 536 g/mol. The second-order valence-corrected chi connectivity index (χ2v) is 10.4. The van der Waals surface area contributed by atoms with Crippen molar-refractivity contribution in [3.8, 4) is 0 Å². The minimum atomic E-state index is -1.45. The average Bonchev–Trinajstić information content (AvgIpc) is 3.24. The molecule has 0 aliphatic rings. The van der Waals surface area contributed by atoms with Crippen LogP contribution in [0.25, 0.3) is 10.2 Å². The Morgan fingerprint density at radius 2 is 1.70 bits per heavy atom. The molecule has 2 amide bonds. The Hall–Kier alpha value is -4.29. The Morgan fingerprint density at radius 1 is 0.973 bits per heavy atom. The molecule has 0 unspecified atom stereocenters. The highest BCUT2D eigenvalue weighted by Crippen LogP contribution is 2.32. The quantitative estimate of drug-likeness (QED) is 0.152. The second kappa shape index (κ2) is 10.8. The number of anilines is 2. The maximum absolute atomic E-state index is 12.7. The third-order valence-electron chi connectivity index (χ3n) is 5.15. The number of nitro benzene ring substituents is 1. The number of aryl methyl sites for hydroxylation is 2. The Kier molecular flexibility index (Phi) is 7.50. The van der Waals surface area contributed by atoms with Crippen molar-refractivity contribution < 1.29 is 24.4 Å². The van der Waals surface area contributed by atoms with E-state index in [2.05, 4.69) is 15.6 Å². The van der Waals surface area contributed by atoms with Crippen LogP contribution in [-0.2, 0) is 4.79 Å². The van der Waals surface area contributed by atoms with E-state index in [0.717, 1.165) is 39.7 Å². The maximum atomic E-state index is 12.7. The first-order valence-corrected chi connectivity index (χ1v) is 12.6. The number of amides is 2. The molecule has 0 bridgehead atoms. The van der Waals surface area contributed by atoms with Crippen LogP contribution in [0.5, 0.6) is 0 Å². The van der Waals surface area contributed by atoms with Gasteiger partial charge in [0, 0.05) is 23.5 Å². The van der Waals surface area contributed by atoms with Crippen molar-refractivity contribution in [3.63, 3.8) is 0 Å². The van der Waals surface area contributed by atoms with Gasteiger partial charge in [0.15, 0.2) is 4.34 Å². The molecular formula is C25H20N4O6S2. The number of carboxylic acid groups (broad SMARTS) is 1. The smallest absolute Gasteiger partial charge is 0.336 e. The SMILES string of the molecule is Cc1cc(C)cc(NC(=O)CSc2nc3ccc(NC(=O)c4ccc([N+](=O)[O-])cc4C(=O)O)cc3s2)c1. The fourth-order valence-corrected chi connectivity index (χ4v) is 5.54. The van der Waals surface area contributed by atoms with Gasteiger partial charge in [-0.25, -0.2) is 9.78 Å². The minimum absolute atomic E-state index is 0.153. The van der Waals surface area contributed by atoms with Crippen LogP contribution in [0.15, 0.2) is 58.9 Å². The summed E-state index contributed by atoms with van der Waals surface area (Å²) >= 11 is 2.65. The van der Waals surface area contributed by atoms with Gasteiger partial charge >= 0.3 is 5.97 Å². The number of benzene rings is 3. The van der Waals surface area contributed by atoms with Crippen LogP contribution in [0.1, 0.15) is 31.8 Å². The normalized spacial score (nSPS) is 10.8. The predicted molar refractivity (Wildman–Crippen MR) is 143 cm³/mol. The van der Waals surface area contributed by atoms with Crippen molar-refractivity contribution in [1.29, 1.82) is 0 Å². The zero-order chi connectivity index (χ0) is 26.7. The number of carbonyl (C=O) groups excluding carboxylic acids is 2. The summed E-state index contributed by atoms with van der Waals surface area (Å²) in [5.74, 6) is -2.14. The Labute approximate surface area is 218 Å². The lowest BCUT2D eigenvalue weighted by molar-refractivity contribution is -0.384. The number of rotatable bonds is 8. The fourth-order valence-electron chi connectivity index (χ4n) is 3.63. The van der Waals surface area contributed by atoms with E-state index in [4.69, 9.17) is 0 Å². The molecule has 0 atom stereocenters. The van der Waals surface area contributed by atoms with Gasteiger partial charge in [-0.15, -0.1) is 11.3 Å². The third-order valence-corrected chi connectivity index (χ3v) is 7.31. The lowest BCUT2D eigenvalue weighted by Crippen LogP contribution is -2.16. The molecular weight excluding hydrogens is 516 g/mol. The number of nitrogens with zero attached hydrogens (tertiary/aromatic N) is 2. The number of non-ortho nitro benzene ring substituents is 1. The summed E-state index contributed by atoms with van der Waals surface area (Å²) in [5.41, 5.74) is 2.85. The second-order valence-electron chi connectivity index (χ2n) is 8.12. The van der Waals surface area contributed by atoms with E-state index < -0.39 is 28.1 Å². The number of hydrogen-bond donors (Lipinski definition) is 3. The Bertz CT molecular complexity index is 1550. The highest BCUT2D eigenvalue weighted by atomic mass is 32.2. The Balaban J connectivity index is 1.44. The van der Waals surface area contributed by atoms with Crippen molar-refractivity contribution >= 4 is 68.2 Å². The number of thiazole rings is 1. The van der Waals surface area contributed by atoms with Gasteiger partial charge in [0.2, 0.25) is 5.91 Å². The summed E-state index contributed by atoms with van der Waals surface area (Å²) in [4.78, 5) is 51.4. The van der Waals surface area contributed by atoms with Crippen LogP contribution < -0.4 is 10.6 Å². The van der Waals surface area contributed by atoms with E-state index >= 15 is 0 Å². The molecule has 3 N–H and O–H groups in total. The van der Waals surface area contributed by atoms with Crippen molar-refractivity contribution in [3.05, 3.63) is 87.0 Å². The lowest BCUT2D eigenvalue weighted by Gasteiger charge is -2.08. The predicted octanol–water partition coefficient (Wildman–Crippen LogP) is 5.50. The first-order valence-electron chi connectivity index (χ1n) is 10.8. The van der Waals surface area contributed by atoms with Crippen LogP contribution in [0.4, 0.5) is 17.1 Å². The number of aromatic carboxylic acids is 1. The van der Waals surface area contributed by atoms with Crippen molar-refractivity contribution in [2.75, 3.05) is 16.4 Å². The molecule has 188 valence electrons. The van der Waals surface area contributed by atoms with Gasteiger partial charge < -0.3 is 15.7 Å². The highest BCUT2D eigenvalue weighted by molar-refractivity contribution is 8.01. The molecule has 0 radical (unpaired) electrons. The molecule has 37 heavy (non-hydrogen) atoms. The van der Waals surface area contributed by atoms with Gasteiger partial charge in [-0.2, -0.15) is 0 Å². The zero-order valence-corrected chi connectivity index (χ0v) is 21.2. The summed E-state index contributed by atoms with van der Waals surface area (Å²) < 4.78 is 1.44. The molecule has 0 saturated carbocycles. The fraction of sp³-hybridized carbons (Fsp3) is 0.120. The number of carboxylic acids is 1. The molecule has 10 nitrogen and oxygen atoms in total. The van der Waals surface area contributed by atoms with Gasteiger partial charge in [-0.3, -0.25) is 19.7 Å². The molecule has 0 aliphatic heterocycles. The molecule has 0 aliphatic carbocycles. The summed E-state index contributed by atoms with van der Waals surface area (Å²) in [5, 5.41) is 25.8. The number of nitrogens with one attached hydrogen (secondary N) is 2. The zero-order valence-electron chi connectivity index (χ0n) is 19.6. The van der Waals surface area contributed by atoms with E-state index in [0.29, 0.717) is 15.5 Å². The standard InChI is InChI=1S/C25H20N4O6S2/c1-13-7-14(2)9-16(8-13)26-22(30)12-36-25-28-20-6-3-15(10-21(20)37-25)27-23(31)18-5-4-17(29(34)35)11-19(18)24(32)33/h3-11H,12H2,1-2H3,(H,26,30)(H,27,31)(H,32,33). The van der Waals surface area contributed by atoms with Crippen molar-refractivity contribution in [2.45, 2.75) is 18.2 Å². The van der Waals surface area contributed by atoms with E-state index in [1.54, 1.807) is 18.2 Å². The number of carbonyl (C=O) groups is 3. The van der Waals surface area contributed by atoms with Gasteiger partial charge in [0.1, 0.15) is 0 Å². The topological polar surface area (TPSA) is 152 Å². The van der Waals surface area contributed by atoms with E-state index in [9.17, 15) is 29.6 Å². The van der Waals surface area contributed by atoms with Crippen LogP contribution in [-0.4, -0.2) is 38.6 Å². The maximum Gasteiger partial charge on any atom is 0.336 e. The summed E-state index contributed by atoms with van der Waals surface area (Å²) in [6.45, 7) is 3.93.